The van der Waals surface area contributed by atoms with E-state index in [0.29, 0.717) is 22.2 Å². The van der Waals surface area contributed by atoms with Crippen molar-refractivity contribution in [2.24, 2.45) is 0 Å². The Morgan fingerprint density at radius 2 is 2.00 bits per heavy atom. The lowest BCUT2D eigenvalue weighted by molar-refractivity contribution is 0.541. The number of hydrogen-bond donors (Lipinski definition) is 2. The van der Waals surface area contributed by atoms with Gasteiger partial charge in [-0.3, -0.25) is 9.00 Å². The Kier molecular flexibility index (Phi) is 5.09. The van der Waals surface area contributed by atoms with Gasteiger partial charge in [-0.25, -0.2) is 9.37 Å². The molecule has 9 heteroatoms. The highest BCUT2D eigenvalue weighted by molar-refractivity contribution is 7.80. The summed E-state index contributed by atoms with van der Waals surface area (Å²) in [6.07, 6.45) is 1.51. The molecule has 2 heterocycles. The third kappa shape index (κ3) is 3.55. The number of pyridine rings is 2. The zero-order valence-electron chi connectivity index (χ0n) is 11.4. The molecule has 0 saturated carbocycles. The van der Waals surface area contributed by atoms with E-state index in [0.717, 1.165) is 0 Å². The number of halogens is 2. The van der Waals surface area contributed by atoms with Crippen LogP contribution in [0.5, 0.6) is 0 Å². The number of benzene rings is 1. The topological polar surface area (TPSA) is 97.9 Å². The molecule has 0 saturated heterocycles. The van der Waals surface area contributed by atoms with Gasteiger partial charge in [0.25, 0.3) is 0 Å². The molecule has 0 spiro atoms. The highest BCUT2D eigenvalue weighted by Gasteiger charge is 2.09. The summed E-state index contributed by atoms with van der Waals surface area (Å²) in [7, 11) is 0. The lowest BCUT2D eigenvalue weighted by atomic mass is 10.0. The number of nitrogens with zero attached hydrogens (tertiary/aromatic N) is 1. The van der Waals surface area contributed by atoms with Crippen molar-refractivity contribution in [2.75, 3.05) is 4.72 Å². The van der Waals surface area contributed by atoms with E-state index < -0.39 is 17.1 Å². The van der Waals surface area contributed by atoms with Gasteiger partial charge in [0.1, 0.15) is 11.5 Å². The second-order valence-electron chi connectivity index (χ2n) is 4.47. The van der Waals surface area contributed by atoms with Crippen molar-refractivity contribution in [1.29, 1.82) is 0 Å². The molecule has 1 aromatic carbocycles. The standard InChI is InChI=1S/C14H10FN3O3S.ClH/c15-11-3-1-8(7-12(11)18-22(20)21)9-5-6-16-14-10(9)2-4-13(19)17-14;/h1-7,18H,(H,20,21)(H,16,17,19);1H/p-1. The maximum Gasteiger partial charge on any atom is 0.249 e. The highest BCUT2D eigenvalue weighted by atomic mass is 35.5. The number of anilines is 1. The smallest absolute Gasteiger partial charge is 0.249 e. The van der Waals surface area contributed by atoms with Gasteiger partial charge in [-0.15, -0.1) is 12.4 Å². The van der Waals surface area contributed by atoms with Crippen LogP contribution in [0.1, 0.15) is 0 Å². The zero-order valence-corrected chi connectivity index (χ0v) is 13.0. The van der Waals surface area contributed by atoms with Gasteiger partial charge in [-0.1, -0.05) is 6.07 Å². The Balaban J connectivity index is 0.00000192. The largest absolute Gasteiger partial charge is 0.755 e. The lowest BCUT2D eigenvalue weighted by Gasteiger charge is -2.12. The first-order chi connectivity index (χ1) is 10.5. The van der Waals surface area contributed by atoms with E-state index in [4.69, 9.17) is 0 Å². The minimum absolute atomic E-state index is 0. The average Bonchev–Trinajstić information content (AvgIpc) is 2.48. The fraction of sp³-hybridized carbons (Fsp3) is 0. The van der Waals surface area contributed by atoms with Crippen molar-refractivity contribution in [2.45, 2.75) is 0 Å². The van der Waals surface area contributed by atoms with Gasteiger partial charge in [-0.05, 0) is 35.4 Å². The van der Waals surface area contributed by atoms with Crippen LogP contribution < -0.4 is 10.3 Å². The summed E-state index contributed by atoms with van der Waals surface area (Å²) < 4.78 is 37.0. The second kappa shape index (κ2) is 6.86. The van der Waals surface area contributed by atoms with Crippen LogP contribution in [0.25, 0.3) is 22.2 Å². The normalized spacial score (nSPS) is 11.7. The van der Waals surface area contributed by atoms with Crippen LogP contribution in [-0.2, 0) is 11.3 Å². The van der Waals surface area contributed by atoms with Gasteiger partial charge >= 0.3 is 0 Å². The quantitative estimate of drug-likeness (QED) is 0.705. The molecule has 1 atom stereocenters. The Morgan fingerprint density at radius 3 is 2.74 bits per heavy atom. The summed E-state index contributed by atoms with van der Waals surface area (Å²) >= 11 is -2.62. The summed E-state index contributed by atoms with van der Waals surface area (Å²) in [6.45, 7) is 0. The fourth-order valence-corrected chi connectivity index (χ4v) is 2.51. The highest BCUT2D eigenvalue weighted by Crippen LogP contribution is 2.29. The summed E-state index contributed by atoms with van der Waals surface area (Å²) in [5.41, 5.74) is 1.26. The summed E-state index contributed by atoms with van der Waals surface area (Å²) in [6, 6.07) is 8.75. The van der Waals surface area contributed by atoms with E-state index in [2.05, 4.69) is 9.97 Å². The van der Waals surface area contributed by atoms with Gasteiger partial charge < -0.3 is 14.3 Å². The van der Waals surface area contributed by atoms with Gasteiger partial charge in [0.2, 0.25) is 5.56 Å². The van der Waals surface area contributed by atoms with Gasteiger partial charge in [0, 0.05) is 28.9 Å². The summed E-state index contributed by atoms with van der Waals surface area (Å²) in [4.78, 5) is 18.0. The number of fused-ring (bicyclic) bond motifs is 1. The molecule has 2 aromatic heterocycles. The number of nitrogens with one attached hydrogen (secondary N) is 2. The number of aromatic amines is 1. The van der Waals surface area contributed by atoms with Crippen LogP contribution in [-0.4, -0.2) is 18.7 Å². The lowest BCUT2D eigenvalue weighted by Crippen LogP contribution is -2.05. The predicted molar refractivity (Wildman–Crippen MR) is 87.5 cm³/mol. The van der Waals surface area contributed by atoms with E-state index in [9.17, 15) is 17.9 Å². The maximum absolute atomic E-state index is 13.6. The molecule has 3 rings (SSSR count). The molecule has 23 heavy (non-hydrogen) atoms. The molecule has 0 bridgehead atoms. The molecule has 1 unspecified atom stereocenters. The predicted octanol–water partition coefficient (Wildman–Crippen LogP) is 2.36. The molecule has 3 aromatic rings. The number of aromatic nitrogens is 2. The molecular formula is C14H10ClFN3O3S-. The van der Waals surface area contributed by atoms with Crippen LogP contribution >= 0.6 is 12.4 Å². The molecule has 0 aliphatic rings. The average molecular weight is 355 g/mol. The molecule has 6 nitrogen and oxygen atoms in total. The van der Waals surface area contributed by atoms with Gasteiger partial charge in [-0.2, -0.15) is 0 Å². The third-order valence-corrected chi connectivity index (χ3v) is 3.49. The molecule has 2 N–H and O–H groups in total. The van der Waals surface area contributed by atoms with Crippen molar-refractivity contribution < 1.29 is 13.2 Å². The maximum atomic E-state index is 13.6. The monoisotopic (exact) mass is 354 g/mol. The Morgan fingerprint density at radius 1 is 1.22 bits per heavy atom. The van der Waals surface area contributed by atoms with Crippen LogP contribution in [0, 0.1) is 5.82 Å². The Labute approximate surface area is 138 Å². The van der Waals surface area contributed by atoms with Crippen LogP contribution in [0.2, 0.25) is 0 Å². The molecule has 0 radical (unpaired) electrons. The van der Waals surface area contributed by atoms with E-state index in [-0.39, 0.29) is 23.7 Å². The minimum atomic E-state index is -2.62. The number of H-pyrrole nitrogens is 1. The summed E-state index contributed by atoms with van der Waals surface area (Å²) in [5.74, 6) is -0.681. The molecule has 120 valence electrons. The number of hydrogen-bond acceptors (Lipinski definition) is 4. The first-order valence-corrected chi connectivity index (χ1v) is 7.26. The summed E-state index contributed by atoms with van der Waals surface area (Å²) in [5, 5.41) is 0.669. The zero-order chi connectivity index (χ0) is 15.7. The van der Waals surface area contributed by atoms with Crippen LogP contribution in [0.15, 0.2) is 47.4 Å². The second-order valence-corrected chi connectivity index (χ2v) is 5.15. The van der Waals surface area contributed by atoms with E-state index in [1.54, 1.807) is 12.1 Å². The molecule has 0 aliphatic heterocycles. The van der Waals surface area contributed by atoms with E-state index >= 15 is 0 Å². The van der Waals surface area contributed by atoms with Gasteiger partial charge in [0.05, 0.1) is 5.69 Å². The number of rotatable bonds is 3. The molecule has 0 fully saturated rings. The third-order valence-electron chi connectivity index (χ3n) is 3.10. The Bertz CT molecular complexity index is 948. The minimum Gasteiger partial charge on any atom is -0.755 e. The molecular weight excluding hydrogens is 345 g/mol. The Hall–Kier alpha value is -2.29. The van der Waals surface area contributed by atoms with Crippen LogP contribution in [0.4, 0.5) is 10.1 Å². The van der Waals surface area contributed by atoms with Crippen molar-refractivity contribution in [3.8, 4) is 11.1 Å². The van der Waals surface area contributed by atoms with Gasteiger partial charge in [0.15, 0.2) is 0 Å². The van der Waals surface area contributed by atoms with E-state index in [1.807, 2.05) is 4.72 Å². The first kappa shape index (κ1) is 17.1. The SMILES string of the molecule is Cl.O=c1ccc2c(-c3ccc(F)c(NS(=O)[O-])c3)ccnc2[nH]1. The van der Waals surface area contributed by atoms with Crippen molar-refractivity contribution in [1.82, 2.24) is 9.97 Å². The van der Waals surface area contributed by atoms with E-state index in [1.165, 1.54) is 30.5 Å². The molecule has 0 aliphatic carbocycles. The first-order valence-electron chi connectivity index (χ1n) is 6.18. The van der Waals surface area contributed by atoms with Crippen molar-refractivity contribution in [3.63, 3.8) is 0 Å². The van der Waals surface area contributed by atoms with Crippen molar-refractivity contribution >= 4 is 40.4 Å². The van der Waals surface area contributed by atoms with Crippen molar-refractivity contribution in [3.05, 3.63) is 58.8 Å². The molecule has 0 amide bonds. The fourth-order valence-electron chi connectivity index (χ4n) is 2.17. The van der Waals surface area contributed by atoms with Crippen LogP contribution in [0.3, 0.4) is 0 Å².